The molecule has 6 heteroatoms. The summed E-state index contributed by atoms with van der Waals surface area (Å²) in [6.45, 7) is 5.33. The minimum Gasteiger partial charge on any atom is -0.339 e. The van der Waals surface area contributed by atoms with Crippen molar-refractivity contribution in [1.29, 1.82) is 0 Å². The van der Waals surface area contributed by atoms with Gasteiger partial charge in [0, 0.05) is 18.7 Å². The van der Waals surface area contributed by atoms with E-state index in [4.69, 9.17) is 0 Å². The number of benzene rings is 1. The van der Waals surface area contributed by atoms with E-state index >= 15 is 0 Å². The van der Waals surface area contributed by atoms with Crippen LogP contribution in [0.3, 0.4) is 0 Å². The first-order valence-corrected chi connectivity index (χ1v) is 5.89. The molecule has 1 amide bonds. The van der Waals surface area contributed by atoms with Crippen molar-refractivity contribution in [2.75, 3.05) is 13.1 Å². The molecule has 6 nitrogen and oxygen atoms in total. The van der Waals surface area contributed by atoms with Crippen LogP contribution >= 0.6 is 0 Å². The van der Waals surface area contributed by atoms with Crippen LogP contribution in [0.15, 0.2) is 30.6 Å². The third-order valence-electron chi connectivity index (χ3n) is 2.76. The number of aromatic nitrogens is 4. The van der Waals surface area contributed by atoms with Gasteiger partial charge < -0.3 is 4.90 Å². The van der Waals surface area contributed by atoms with E-state index in [-0.39, 0.29) is 5.91 Å². The smallest absolute Gasteiger partial charge is 0.253 e. The zero-order chi connectivity index (χ0) is 13.0. The Morgan fingerprint density at radius 3 is 2.72 bits per heavy atom. The van der Waals surface area contributed by atoms with Gasteiger partial charge in [0.2, 0.25) is 0 Å². The molecule has 1 aromatic heterocycles. The number of amides is 1. The number of carbonyl (C=O) groups excluding carboxylic acids is 1. The Balaban J connectivity index is 2.30. The van der Waals surface area contributed by atoms with Crippen molar-refractivity contribution < 1.29 is 4.79 Å². The molecule has 1 heterocycles. The van der Waals surface area contributed by atoms with Crippen LogP contribution in [0.4, 0.5) is 0 Å². The maximum Gasteiger partial charge on any atom is 0.253 e. The van der Waals surface area contributed by atoms with Crippen LogP contribution in [0, 0.1) is 0 Å². The summed E-state index contributed by atoms with van der Waals surface area (Å²) in [4.78, 5) is 14.0. The van der Waals surface area contributed by atoms with Crippen molar-refractivity contribution in [3.05, 3.63) is 36.2 Å². The molecule has 0 saturated carbocycles. The third kappa shape index (κ3) is 2.37. The van der Waals surface area contributed by atoms with Crippen LogP contribution in [-0.2, 0) is 0 Å². The molecule has 0 aliphatic rings. The van der Waals surface area contributed by atoms with E-state index in [1.54, 1.807) is 17.0 Å². The van der Waals surface area contributed by atoms with E-state index in [1.165, 1.54) is 11.0 Å². The Labute approximate surface area is 105 Å². The zero-order valence-electron chi connectivity index (χ0n) is 10.4. The predicted octanol–water partition coefficient (Wildman–Crippen LogP) is 1.14. The predicted molar refractivity (Wildman–Crippen MR) is 66.4 cm³/mol. The largest absolute Gasteiger partial charge is 0.339 e. The summed E-state index contributed by atoms with van der Waals surface area (Å²) in [7, 11) is 0. The van der Waals surface area contributed by atoms with Gasteiger partial charge in [0.05, 0.1) is 5.69 Å². The minimum absolute atomic E-state index is 0.0231. The van der Waals surface area contributed by atoms with Crippen molar-refractivity contribution in [2.24, 2.45) is 0 Å². The molecular formula is C12H15N5O. The van der Waals surface area contributed by atoms with E-state index in [9.17, 15) is 4.79 Å². The maximum absolute atomic E-state index is 12.2. The highest BCUT2D eigenvalue weighted by Gasteiger charge is 2.13. The first-order valence-electron chi connectivity index (χ1n) is 5.89. The number of carbonyl (C=O) groups is 1. The molecular weight excluding hydrogens is 230 g/mol. The van der Waals surface area contributed by atoms with Crippen LogP contribution in [0.25, 0.3) is 5.69 Å². The fourth-order valence-corrected chi connectivity index (χ4v) is 1.75. The van der Waals surface area contributed by atoms with E-state index < -0.39 is 0 Å². The van der Waals surface area contributed by atoms with Crippen LogP contribution in [0.1, 0.15) is 24.2 Å². The van der Waals surface area contributed by atoms with Gasteiger partial charge in [-0.1, -0.05) is 6.07 Å². The first kappa shape index (κ1) is 12.2. The van der Waals surface area contributed by atoms with Gasteiger partial charge in [-0.15, -0.1) is 5.10 Å². The molecule has 0 N–H and O–H groups in total. The van der Waals surface area contributed by atoms with E-state index in [1.807, 2.05) is 26.0 Å². The number of nitrogens with zero attached hydrogens (tertiary/aromatic N) is 5. The minimum atomic E-state index is 0.0231. The lowest BCUT2D eigenvalue weighted by atomic mass is 10.1. The molecule has 0 saturated heterocycles. The molecule has 2 rings (SSSR count). The maximum atomic E-state index is 12.2. The summed E-state index contributed by atoms with van der Waals surface area (Å²) in [6.07, 6.45) is 1.50. The van der Waals surface area contributed by atoms with Gasteiger partial charge in [0.15, 0.2) is 0 Å². The van der Waals surface area contributed by atoms with Crippen LogP contribution in [0.2, 0.25) is 0 Å². The first-order chi connectivity index (χ1) is 8.76. The van der Waals surface area contributed by atoms with E-state index in [0.29, 0.717) is 18.7 Å². The third-order valence-corrected chi connectivity index (χ3v) is 2.76. The molecule has 0 unspecified atom stereocenters. The topological polar surface area (TPSA) is 63.9 Å². The number of tetrazole rings is 1. The van der Waals surface area contributed by atoms with Crippen LogP contribution in [0.5, 0.6) is 0 Å². The number of hydrogen-bond acceptors (Lipinski definition) is 4. The summed E-state index contributed by atoms with van der Waals surface area (Å²) in [6, 6.07) is 7.27. The molecule has 1 aromatic carbocycles. The van der Waals surface area contributed by atoms with Gasteiger partial charge in [-0.2, -0.15) is 0 Å². The van der Waals surface area contributed by atoms with Gasteiger partial charge >= 0.3 is 0 Å². The molecule has 0 aliphatic heterocycles. The number of hydrogen-bond donors (Lipinski definition) is 0. The normalized spacial score (nSPS) is 10.3. The quantitative estimate of drug-likeness (QED) is 0.810. The monoisotopic (exact) mass is 245 g/mol. The van der Waals surface area contributed by atoms with Gasteiger partial charge in [-0.05, 0) is 42.5 Å². The van der Waals surface area contributed by atoms with Gasteiger partial charge in [0.1, 0.15) is 6.33 Å². The summed E-state index contributed by atoms with van der Waals surface area (Å²) in [5.74, 6) is 0.0231. The standard InChI is InChI=1S/C12H15N5O/c1-3-16(4-2)12(18)10-6-5-7-11(8-10)17-9-13-14-15-17/h5-9H,3-4H2,1-2H3. The van der Waals surface area contributed by atoms with Crippen LogP contribution in [-0.4, -0.2) is 44.1 Å². The van der Waals surface area contributed by atoms with Crippen molar-refractivity contribution in [1.82, 2.24) is 25.1 Å². The Hall–Kier alpha value is -2.24. The fraction of sp³-hybridized carbons (Fsp3) is 0.333. The molecule has 0 bridgehead atoms. The average molecular weight is 245 g/mol. The van der Waals surface area contributed by atoms with Crippen molar-refractivity contribution in [2.45, 2.75) is 13.8 Å². The second-order valence-electron chi connectivity index (χ2n) is 3.78. The second-order valence-corrected chi connectivity index (χ2v) is 3.78. The summed E-state index contributed by atoms with van der Waals surface area (Å²) < 4.78 is 1.53. The molecule has 94 valence electrons. The fourth-order valence-electron chi connectivity index (χ4n) is 1.75. The Morgan fingerprint density at radius 2 is 2.11 bits per heavy atom. The Kier molecular flexibility index (Phi) is 3.66. The van der Waals surface area contributed by atoms with E-state index in [2.05, 4.69) is 15.5 Å². The molecule has 0 atom stereocenters. The Morgan fingerprint density at radius 1 is 1.33 bits per heavy atom. The zero-order valence-corrected chi connectivity index (χ0v) is 10.4. The highest BCUT2D eigenvalue weighted by atomic mass is 16.2. The SMILES string of the molecule is CCN(CC)C(=O)c1cccc(-n2cnnn2)c1. The lowest BCUT2D eigenvalue weighted by Crippen LogP contribution is -2.30. The van der Waals surface area contributed by atoms with Crippen molar-refractivity contribution in [3.63, 3.8) is 0 Å². The number of rotatable bonds is 4. The van der Waals surface area contributed by atoms with Gasteiger partial charge in [-0.3, -0.25) is 4.79 Å². The molecule has 0 radical (unpaired) electrons. The highest BCUT2D eigenvalue weighted by Crippen LogP contribution is 2.11. The van der Waals surface area contributed by atoms with Crippen molar-refractivity contribution in [3.8, 4) is 5.69 Å². The molecule has 0 aliphatic carbocycles. The second kappa shape index (κ2) is 5.39. The summed E-state index contributed by atoms with van der Waals surface area (Å²) in [5, 5.41) is 11.0. The highest BCUT2D eigenvalue weighted by molar-refractivity contribution is 5.94. The lowest BCUT2D eigenvalue weighted by molar-refractivity contribution is 0.0773. The van der Waals surface area contributed by atoms with Crippen molar-refractivity contribution >= 4 is 5.91 Å². The van der Waals surface area contributed by atoms with Gasteiger partial charge in [0.25, 0.3) is 5.91 Å². The summed E-state index contributed by atoms with van der Waals surface area (Å²) >= 11 is 0. The molecule has 18 heavy (non-hydrogen) atoms. The lowest BCUT2D eigenvalue weighted by Gasteiger charge is -2.18. The Bertz CT molecular complexity index is 519. The molecule has 2 aromatic rings. The molecule has 0 fully saturated rings. The van der Waals surface area contributed by atoms with Gasteiger partial charge in [-0.25, -0.2) is 4.68 Å². The molecule has 0 spiro atoms. The summed E-state index contributed by atoms with van der Waals surface area (Å²) in [5.41, 5.74) is 1.42. The van der Waals surface area contributed by atoms with Crippen LogP contribution < -0.4 is 0 Å². The van der Waals surface area contributed by atoms with E-state index in [0.717, 1.165) is 5.69 Å². The average Bonchev–Trinajstić information content (AvgIpc) is 2.94.